The van der Waals surface area contributed by atoms with Crippen LogP contribution in [-0.2, 0) is 17.9 Å². The number of halogens is 1. The van der Waals surface area contributed by atoms with Crippen molar-refractivity contribution in [3.63, 3.8) is 0 Å². The van der Waals surface area contributed by atoms with Crippen molar-refractivity contribution in [3.8, 4) is 0 Å². The predicted octanol–water partition coefficient (Wildman–Crippen LogP) is 4.46. The first-order chi connectivity index (χ1) is 13.6. The first-order valence-electron chi connectivity index (χ1n) is 8.85. The molecule has 3 rings (SSSR count). The van der Waals surface area contributed by atoms with E-state index >= 15 is 0 Å². The number of aromatic nitrogens is 2. The summed E-state index contributed by atoms with van der Waals surface area (Å²) in [6, 6.07) is 19.5. The van der Waals surface area contributed by atoms with Crippen molar-refractivity contribution >= 4 is 35.1 Å². The fourth-order valence-corrected chi connectivity index (χ4v) is 3.15. The van der Waals surface area contributed by atoms with E-state index in [0.29, 0.717) is 34.7 Å². The van der Waals surface area contributed by atoms with Gasteiger partial charge >= 0.3 is 0 Å². The maximum absolute atomic E-state index is 12.0. The van der Waals surface area contributed by atoms with Crippen LogP contribution in [0.1, 0.15) is 16.7 Å². The van der Waals surface area contributed by atoms with Gasteiger partial charge < -0.3 is 10.6 Å². The van der Waals surface area contributed by atoms with Crippen LogP contribution in [0, 0.1) is 6.92 Å². The van der Waals surface area contributed by atoms with Crippen molar-refractivity contribution in [3.05, 3.63) is 82.4 Å². The highest BCUT2D eigenvalue weighted by atomic mass is 35.5. The first kappa shape index (κ1) is 20.2. The Kier molecular flexibility index (Phi) is 7.28. The van der Waals surface area contributed by atoms with Gasteiger partial charge in [-0.15, -0.1) is 10.2 Å². The third kappa shape index (κ3) is 6.55. The first-order valence-corrected chi connectivity index (χ1v) is 10.2. The minimum atomic E-state index is -0.0303. The van der Waals surface area contributed by atoms with Gasteiger partial charge in [-0.3, -0.25) is 4.79 Å². The second-order valence-electron chi connectivity index (χ2n) is 6.29. The summed E-state index contributed by atoms with van der Waals surface area (Å²) in [4.78, 5) is 12.0. The minimum absolute atomic E-state index is 0.0303. The Morgan fingerprint density at radius 2 is 1.61 bits per heavy atom. The molecule has 0 fully saturated rings. The summed E-state index contributed by atoms with van der Waals surface area (Å²) < 4.78 is 0. The Labute approximate surface area is 173 Å². The number of hydrogen-bond acceptors (Lipinski definition) is 5. The number of nitrogens with one attached hydrogen (secondary N) is 2. The number of hydrogen-bond donors (Lipinski definition) is 2. The van der Waals surface area contributed by atoms with Gasteiger partial charge in [-0.25, -0.2) is 0 Å². The topological polar surface area (TPSA) is 66.9 Å². The summed E-state index contributed by atoms with van der Waals surface area (Å²) in [5.41, 5.74) is 3.39. The molecular weight excluding hydrogens is 392 g/mol. The zero-order valence-corrected chi connectivity index (χ0v) is 17.1. The Balaban J connectivity index is 1.40. The van der Waals surface area contributed by atoms with E-state index in [9.17, 15) is 4.79 Å². The van der Waals surface area contributed by atoms with Gasteiger partial charge in [0.1, 0.15) is 10.8 Å². The molecule has 0 saturated carbocycles. The number of rotatable bonds is 8. The molecule has 2 N–H and O–H groups in total. The fourth-order valence-electron chi connectivity index (χ4n) is 2.38. The lowest BCUT2D eigenvalue weighted by atomic mass is 10.1. The number of carbonyl (C=O) groups excluding carboxylic acids is 1. The van der Waals surface area contributed by atoms with Crippen molar-refractivity contribution in [1.29, 1.82) is 0 Å². The molecule has 2 aromatic carbocycles. The van der Waals surface area contributed by atoms with E-state index < -0.39 is 0 Å². The van der Waals surface area contributed by atoms with Crippen LogP contribution in [0.3, 0.4) is 0 Å². The Hall–Kier alpha value is -2.57. The third-order valence-corrected chi connectivity index (χ3v) is 5.16. The fraction of sp³-hybridized carbons (Fsp3) is 0.190. The molecule has 28 heavy (non-hydrogen) atoms. The van der Waals surface area contributed by atoms with E-state index in [2.05, 4.69) is 20.8 Å². The number of anilines is 1. The predicted molar refractivity (Wildman–Crippen MR) is 115 cm³/mol. The number of amides is 1. The number of benzene rings is 2. The molecule has 0 aliphatic carbocycles. The highest BCUT2D eigenvalue weighted by Gasteiger charge is 2.05. The zero-order chi connectivity index (χ0) is 19.8. The van der Waals surface area contributed by atoms with E-state index in [1.165, 1.54) is 17.3 Å². The molecule has 0 atom stereocenters. The molecule has 1 amide bonds. The minimum Gasteiger partial charge on any atom is -0.365 e. The van der Waals surface area contributed by atoms with Gasteiger partial charge in [0.05, 0.1) is 5.75 Å². The van der Waals surface area contributed by atoms with Crippen molar-refractivity contribution in [2.75, 3.05) is 11.1 Å². The number of carbonyl (C=O) groups is 1. The molecule has 0 unspecified atom stereocenters. The van der Waals surface area contributed by atoms with Crippen molar-refractivity contribution in [2.24, 2.45) is 0 Å². The van der Waals surface area contributed by atoms with Gasteiger partial charge in [0.15, 0.2) is 0 Å². The summed E-state index contributed by atoms with van der Waals surface area (Å²) in [6.07, 6.45) is 0. The zero-order valence-electron chi connectivity index (χ0n) is 15.5. The molecule has 1 heterocycles. The summed E-state index contributed by atoms with van der Waals surface area (Å²) in [5.74, 6) is 0.957. The number of nitrogens with zero attached hydrogens (tertiary/aromatic N) is 2. The van der Waals surface area contributed by atoms with Crippen LogP contribution in [0.15, 0.2) is 65.7 Å². The SMILES string of the molecule is Cc1ccc(CNC(=O)CSc2ccc(NCc3ccc(Cl)cc3)nn2)cc1. The van der Waals surface area contributed by atoms with Gasteiger partial charge in [0.2, 0.25) is 5.91 Å². The smallest absolute Gasteiger partial charge is 0.230 e. The molecule has 0 spiro atoms. The van der Waals surface area contributed by atoms with E-state index in [0.717, 1.165) is 11.1 Å². The summed E-state index contributed by atoms with van der Waals surface area (Å²) in [6.45, 7) is 3.21. The highest BCUT2D eigenvalue weighted by molar-refractivity contribution is 7.99. The van der Waals surface area contributed by atoms with Crippen molar-refractivity contribution in [1.82, 2.24) is 15.5 Å². The average molecular weight is 413 g/mol. The van der Waals surface area contributed by atoms with Crippen molar-refractivity contribution < 1.29 is 4.79 Å². The van der Waals surface area contributed by atoms with Gasteiger partial charge in [-0.2, -0.15) is 0 Å². The lowest BCUT2D eigenvalue weighted by Gasteiger charge is -2.07. The maximum Gasteiger partial charge on any atom is 0.230 e. The Morgan fingerprint density at radius 1 is 0.929 bits per heavy atom. The molecule has 1 aromatic heterocycles. The van der Waals surface area contributed by atoms with Crippen LogP contribution in [-0.4, -0.2) is 21.9 Å². The molecule has 0 radical (unpaired) electrons. The van der Waals surface area contributed by atoms with E-state index in [1.807, 2.05) is 67.6 Å². The lowest BCUT2D eigenvalue weighted by Crippen LogP contribution is -2.24. The van der Waals surface area contributed by atoms with E-state index in [4.69, 9.17) is 11.6 Å². The highest BCUT2D eigenvalue weighted by Crippen LogP contribution is 2.16. The van der Waals surface area contributed by atoms with Gasteiger partial charge in [-0.1, -0.05) is 65.3 Å². The molecular formula is C21H21ClN4OS. The monoisotopic (exact) mass is 412 g/mol. The normalized spacial score (nSPS) is 10.5. The van der Waals surface area contributed by atoms with Crippen LogP contribution >= 0.6 is 23.4 Å². The summed E-state index contributed by atoms with van der Waals surface area (Å²) in [5, 5.41) is 15.9. The second kappa shape index (κ2) is 10.1. The molecule has 3 aromatic rings. The molecule has 0 aliphatic heterocycles. The largest absolute Gasteiger partial charge is 0.365 e. The van der Waals surface area contributed by atoms with E-state index in [-0.39, 0.29) is 5.91 Å². The van der Waals surface area contributed by atoms with Crippen LogP contribution < -0.4 is 10.6 Å². The number of aryl methyl sites for hydroxylation is 1. The van der Waals surface area contributed by atoms with Crippen LogP contribution in [0.4, 0.5) is 5.82 Å². The average Bonchev–Trinajstić information content (AvgIpc) is 2.72. The maximum atomic E-state index is 12.0. The molecule has 0 bridgehead atoms. The quantitative estimate of drug-likeness (QED) is 0.535. The summed E-state index contributed by atoms with van der Waals surface area (Å²) >= 11 is 7.24. The van der Waals surface area contributed by atoms with Crippen molar-refractivity contribution in [2.45, 2.75) is 25.0 Å². The molecule has 7 heteroatoms. The summed E-state index contributed by atoms with van der Waals surface area (Å²) in [7, 11) is 0. The van der Waals surface area contributed by atoms with E-state index in [1.54, 1.807) is 0 Å². The molecule has 0 aliphatic rings. The lowest BCUT2D eigenvalue weighted by molar-refractivity contribution is -0.118. The molecule has 5 nitrogen and oxygen atoms in total. The molecule has 144 valence electrons. The Morgan fingerprint density at radius 3 is 2.29 bits per heavy atom. The van der Waals surface area contributed by atoms with Crippen LogP contribution in [0.5, 0.6) is 0 Å². The standard InChI is InChI=1S/C21H21ClN4OS/c1-15-2-4-16(5-3-15)13-24-20(27)14-28-21-11-10-19(25-26-21)23-12-17-6-8-18(22)9-7-17/h2-11H,12-14H2,1H3,(H,23,25)(H,24,27). The van der Waals surface area contributed by atoms with Crippen LogP contribution in [0.2, 0.25) is 5.02 Å². The van der Waals surface area contributed by atoms with Gasteiger partial charge in [0, 0.05) is 18.1 Å². The Bertz CT molecular complexity index is 899. The van der Waals surface area contributed by atoms with Crippen LogP contribution in [0.25, 0.3) is 0 Å². The van der Waals surface area contributed by atoms with Gasteiger partial charge in [-0.05, 0) is 42.3 Å². The van der Waals surface area contributed by atoms with Gasteiger partial charge in [0.25, 0.3) is 0 Å². The number of thioether (sulfide) groups is 1. The second-order valence-corrected chi connectivity index (χ2v) is 7.72. The molecule has 0 saturated heterocycles. The third-order valence-electron chi connectivity index (χ3n) is 3.99.